The minimum Gasteiger partial charge on any atom is -0.493 e. The fraction of sp³-hybridized carbons (Fsp3) is 0.278. The number of benzene rings is 2. The molecule has 0 fully saturated rings. The number of nitrogens with zero attached hydrogens (tertiary/aromatic N) is 2. The molecular formula is C18H18N2O4. The summed E-state index contributed by atoms with van der Waals surface area (Å²) in [6.45, 7) is 2.50. The van der Waals surface area contributed by atoms with Crippen LogP contribution in [-0.2, 0) is 6.42 Å². The Labute approximate surface area is 139 Å². The summed E-state index contributed by atoms with van der Waals surface area (Å²) in [4.78, 5) is 15.6. The van der Waals surface area contributed by atoms with Crippen LogP contribution in [0.1, 0.15) is 22.3 Å². The second-order valence-corrected chi connectivity index (χ2v) is 5.62. The van der Waals surface area contributed by atoms with Gasteiger partial charge in [-0.15, -0.1) is 0 Å². The topological polar surface area (TPSA) is 74.0 Å². The first-order valence-corrected chi connectivity index (χ1v) is 7.60. The highest BCUT2D eigenvalue weighted by molar-refractivity contribution is 6.16. The number of hydrogen-bond donors (Lipinski definition) is 0. The van der Waals surface area contributed by atoms with Gasteiger partial charge in [-0.1, -0.05) is 6.07 Å². The summed E-state index contributed by atoms with van der Waals surface area (Å²) in [7, 11) is 3.16. The standard InChI is InChI=1S/C18H18N2O4/c1-11-4-5-15(20(21)22)14(8-11)18-13-10-17(24-3)16(23-2)9-12(13)6-7-19-18/h4-5,8-10H,6-7H2,1-3H3. The van der Waals surface area contributed by atoms with Crippen LogP contribution >= 0.6 is 0 Å². The van der Waals surface area contributed by atoms with Gasteiger partial charge < -0.3 is 9.47 Å². The van der Waals surface area contributed by atoms with Gasteiger partial charge in [0.1, 0.15) is 0 Å². The van der Waals surface area contributed by atoms with Gasteiger partial charge in [0, 0.05) is 18.2 Å². The lowest BCUT2D eigenvalue weighted by Gasteiger charge is -2.20. The van der Waals surface area contributed by atoms with Crippen molar-refractivity contribution in [2.45, 2.75) is 13.3 Å². The Morgan fingerprint density at radius 2 is 1.79 bits per heavy atom. The number of fused-ring (bicyclic) bond motifs is 1. The Hall–Kier alpha value is -2.89. The third-order valence-electron chi connectivity index (χ3n) is 4.12. The van der Waals surface area contributed by atoms with E-state index in [1.54, 1.807) is 20.3 Å². The zero-order valence-electron chi connectivity index (χ0n) is 13.8. The Morgan fingerprint density at radius 3 is 2.46 bits per heavy atom. The van der Waals surface area contributed by atoms with Crippen molar-refractivity contribution in [1.82, 2.24) is 0 Å². The van der Waals surface area contributed by atoms with Crippen molar-refractivity contribution in [2.24, 2.45) is 4.99 Å². The third kappa shape index (κ3) is 2.71. The number of ether oxygens (including phenoxy) is 2. The lowest BCUT2D eigenvalue weighted by atomic mass is 9.91. The third-order valence-corrected chi connectivity index (χ3v) is 4.12. The van der Waals surface area contributed by atoms with Crippen LogP contribution in [0.3, 0.4) is 0 Å². The molecule has 2 aromatic rings. The Bertz CT molecular complexity index is 843. The summed E-state index contributed by atoms with van der Waals surface area (Å²) in [5.74, 6) is 1.23. The van der Waals surface area contributed by atoms with Gasteiger partial charge in [0.25, 0.3) is 5.69 Å². The first kappa shape index (κ1) is 16.0. The van der Waals surface area contributed by atoms with Crippen LogP contribution in [0.5, 0.6) is 11.5 Å². The van der Waals surface area contributed by atoms with Crippen LogP contribution < -0.4 is 9.47 Å². The van der Waals surface area contributed by atoms with Crippen LogP contribution in [0, 0.1) is 17.0 Å². The molecule has 24 heavy (non-hydrogen) atoms. The van der Waals surface area contributed by atoms with Crippen LogP contribution in [0.2, 0.25) is 0 Å². The smallest absolute Gasteiger partial charge is 0.278 e. The fourth-order valence-corrected chi connectivity index (χ4v) is 2.95. The first-order valence-electron chi connectivity index (χ1n) is 7.60. The van der Waals surface area contributed by atoms with Gasteiger partial charge in [-0.2, -0.15) is 0 Å². The van der Waals surface area contributed by atoms with Gasteiger partial charge in [-0.3, -0.25) is 15.1 Å². The van der Waals surface area contributed by atoms with Crippen molar-refractivity contribution in [3.63, 3.8) is 0 Å². The van der Waals surface area contributed by atoms with E-state index in [4.69, 9.17) is 9.47 Å². The molecule has 0 amide bonds. The molecule has 1 aliphatic rings. The molecule has 0 unspecified atom stereocenters. The monoisotopic (exact) mass is 326 g/mol. The lowest BCUT2D eigenvalue weighted by Crippen LogP contribution is -2.16. The van der Waals surface area contributed by atoms with Crippen molar-refractivity contribution in [3.8, 4) is 11.5 Å². The van der Waals surface area contributed by atoms with E-state index < -0.39 is 0 Å². The highest BCUT2D eigenvalue weighted by Gasteiger charge is 2.25. The largest absolute Gasteiger partial charge is 0.493 e. The Balaban J connectivity index is 2.21. The summed E-state index contributed by atoms with van der Waals surface area (Å²) in [5, 5.41) is 11.4. The van der Waals surface area contributed by atoms with E-state index in [0.717, 1.165) is 23.1 Å². The molecule has 0 spiro atoms. The van der Waals surface area contributed by atoms with Crippen molar-refractivity contribution < 1.29 is 14.4 Å². The Kier molecular flexibility index (Phi) is 4.20. The van der Waals surface area contributed by atoms with E-state index in [0.29, 0.717) is 29.3 Å². The summed E-state index contributed by atoms with van der Waals surface area (Å²) in [6, 6.07) is 8.84. The maximum atomic E-state index is 11.4. The van der Waals surface area contributed by atoms with Gasteiger partial charge in [0.2, 0.25) is 0 Å². The van der Waals surface area contributed by atoms with Gasteiger partial charge in [-0.05, 0) is 42.7 Å². The van der Waals surface area contributed by atoms with Gasteiger partial charge in [0.15, 0.2) is 11.5 Å². The summed E-state index contributed by atoms with van der Waals surface area (Å²) < 4.78 is 10.7. The molecule has 3 rings (SSSR count). The zero-order valence-corrected chi connectivity index (χ0v) is 13.8. The molecular weight excluding hydrogens is 308 g/mol. The molecule has 0 N–H and O–H groups in total. The summed E-state index contributed by atoms with van der Waals surface area (Å²) in [6.07, 6.45) is 0.763. The van der Waals surface area contributed by atoms with E-state index in [1.807, 2.05) is 25.1 Å². The van der Waals surface area contributed by atoms with Crippen molar-refractivity contribution in [3.05, 3.63) is 62.7 Å². The normalized spacial score (nSPS) is 13.0. The number of methoxy groups -OCH3 is 2. The molecule has 0 saturated carbocycles. The molecule has 1 aliphatic heterocycles. The second-order valence-electron chi connectivity index (χ2n) is 5.62. The molecule has 6 heteroatoms. The number of hydrogen-bond acceptors (Lipinski definition) is 5. The summed E-state index contributed by atoms with van der Waals surface area (Å²) >= 11 is 0. The average Bonchev–Trinajstić information content (AvgIpc) is 2.59. The van der Waals surface area contributed by atoms with Gasteiger partial charge in [-0.25, -0.2) is 0 Å². The highest BCUT2D eigenvalue weighted by Crippen LogP contribution is 2.35. The minimum atomic E-state index is -0.369. The Morgan fingerprint density at radius 1 is 1.08 bits per heavy atom. The van der Waals surface area contributed by atoms with E-state index in [9.17, 15) is 10.1 Å². The SMILES string of the molecule is COc1cc2c(cc1OC)C(c1cc(C)ccc1[N+](=O)[O-])=NCC2. The van der Waals surface area contributed by atoms with Crippen LogP contribution in [0.4, 0.5) is 5.69 Å². The van der Waals surface area contributed by atoms with Crippen molar-refractivity contribution in [2.75, 3.05) is 20.8 Å². The highest BCUT2D eigenvalue weighted by atomic mass is 16.6. The number of aliphatic imine (C=N–C) groups is 1. The number of aryl methyl sites for hydroxylation is 1. The second kappa shape index (κ2) is 6.31. The number of nitro benzene ring substituents is 1. The fourth-order valence-electron chi connectivity index (χ4n) is 2.95. The molecule has 0 saturated heterocycles. The molecule has 0 aliphatic carbocycles. The zero-order chi connectivity index (χ0) is 17.3. The predicted molar refractivity (Wildman–Crippen MR) is 91.6 cm³/mol. The van der Waals surface area contributed by atoms with Gasteiger partial charge in [0.05, 0.1) is 30.4 Å². The van der Waals surface area contributed by atoms with E-state index in [2.05, 4.69) is 4.99 Å². The van der Waals surface area contributed by atoms with Gasteiger partial charge >= 0.3 is 0 Å². The molecule has 0 aromatic heterocycles. The molecule has 0 bridgehead atoms. The van der Waals surface area contributed by atoms with E-state index in [1.165, 1.54) is 6.07 Å². The average molecular weight is 326 g/mol. The van der Waals surface area contributed by atoms with E-state index >= 15 is 0 Å². The van der Waals surface area contributed by atoms with Crippen molar-refractivity contribution >= 4 is 11.4 Å². The minimum absolute atomic E-state index is 0.0574. The van der Waals surface area contributed by atoms with Crippen LogP contribution in [0.15, 0.2) is 35.3 Å². The molecule has 1 heterocycles. The van der Waals surface area contributed by atoms with Crippen LogP contribution in [0.25, 0.3) is 0 Å². The number of nitro groups is 1. The van der Waals surface area contributed by atoms with Crippen molar-refractivity contribution in [1.29, 1.82) is 0 Å². The summed E-state index contributed by atoms with van der Waals surface area (Å²) in [5.41, 5.74) is 4.08. The molecule has 0 radical (unpaired) electrons. The lowest BCUT2D eigenvalue weighted by molar-refractivity contribution is -0.385. The predicted octanol–water partition coefficient (Wildman–Crippen LogP) is 3.31. The molecule has 0 atom stereocenters. The van der Waals surface area contributed by atoms with E-state index in [-0.39, 0.29) is 10.6 Å². The maximum absolute atomic E-state index is 11.4. The molecule has 6 nitrogen and oxygen atoms in total. The first-order chi connectivity index (χ1) is 11.5. The van der Waals surface area contributed by atoms with Crippen LogP contribution in [-0.4, -0.2) is 31.4 Å². The molecule has 2 aromatic carbocycles. The maximum Gasteiger partial charge on any atom is 0.278 e. The molecule has 124 valence electrons. The quantitative estimate of drug-likeness (QED) is 0.638. The number of rotatable bonds is 4.